The molecule has 1 aromatic carbocycles. The Balaban J connectivity index is 1.89. The molecule has 2 N–H and O–H groups in total. The summed E-state index contributed by atoms with van der Waals surface area (Å²) >= 11 is 1.21. The number of carbonyl (C=O) groups is 2. The Morgan fingerprint density at radius 2 is 1.81 bits per heavy atom. The molecule has 0 saturated carbocycles. The first-order valence-corrected chi connectivity index (χ1v) is 8.57. The summed E-state index contributed by atoms with van der Waals surface area (Å²) in [5, 5.41) is 2.68. The van der Waals surface area contributed by atoms with Gasteiger partial charge in [0, 0.05) is 36.6 Å². The van der Waals surface area contributed by atoms with Crippen LogP contribution in [-0.2, 0) is 4.79 Å². The molecule has 2 heterocycles. The summed E-state index contributed by atoms with van der Waals surface area (Å²) in [6, 6.07) is 10.4. The van der Waals surface area contributed by atoms with E-state index >= 15 is 0 Å². The molecule has 1 amide bonds. The smallest absolute Gasteiger partial charge is 0.266 e. The molecule has 0 radical (unpaired) electrons. The third-order valence-corrected chi connectivity index (χ3v) is 4.40. The number of thiazole rings is 1. The molecule has 0 fully saturated rings. The highest BCUT2D eigenvalue weighted by Gasteiger charge is 2.03. The van der Waals surface area contributed by atoms with E-state index < -0.39 is 0 Å². The minimum absolute atomic E-state index is 0.143. The molecule has 2 aromatic heterocycles. The number of benzene rings is 1. The number of anilines is 1. The van der Waals surface area contributed by atoms with E-state index in [4.69, 9.17) is 0 Å². The number of hydrogen-bond acceptors (Lipinski definition) is 5. The Morgan fingerprint density at radius 1 is 1.12 bits per heavy atom. The largest absolute Gasteiger partial charge is 0.326 e. The topological polar surface area (TPSA) is 91.9 Å². The summed E-state index contributed by atoms with van der Waals surface area (Å²) in [5.74, 6) is -0.341. The molecule has 26 heavy (non-hydrogen) atoms. The number of nitrogens with zero attached hydrogens (tertiary/aromatic N) is 1. The van der Waals surface area contributed by atoms with Crippen molar-refractivity contribution >= 4 is 40.9 Å². The Bertz CT molecular complexity index is 1110. The monoisotopic (exact) mass is 365 g/mol. The molecule has 0 unspecified atom stereocenters. The molecule has 0 aliphatic heterocycles. The van der Waals surface area contributed by atoms with Crippen molar-refractivity contribution in [1.82, 2.24) is 9.97 Å². The van der Waals surface area contributed by atoms with Crippen LogP contribution in [0.1, 0.15) is 22.8 Å². The number of carbonyl (C=O) groups excluding carboxylic acids is 2. The number of pyridine rings is 1. The fourth-order valence-electron chi connectivity index (χ4n) is 2.26. The molecule has 7 heteroatoms. The van der Waals surface area contributed by atoms with Gasteiger partial charge in [0.2, 0.25) is 5.91 Å². The van der Waals surface area contributed by atoms with E-state index in [0.29, 0.717) is 20.4 Å². The number of aromatic amines is 1. The van der Waals surface area contributed by atoms with Gasteiger partial charge in [0.15, 0.2) is 5.78 Å². The normalized spacial score (nSPS) is 12.2. The van der Waals surface area contributed by atoms with Crippen molar-refractivity contribution in [2.45, 2.75) is 6.92 Å². The maximum atomic E-state index is 12.2. The second-order valence-corrected chi connectivity index (χ2v) is 6.56. The van der Waals surface area contributed by atoms with Crippen LogP contribution in [-0.4, -0.2) is 21.7 Å². The zero-order chi connectivity index (χ0) is 18.5. The predicted octanol–water partition coefficient (Wildman–Crippen LogP) is 1.28. The minimum Gasteiger partial charge on any atom is -0.326 e. The van der Waals surface area contributed by atoms with E-state index in [1.54, 1.807) is 54.9 Å². The number of Topliss-reactive ketones (excluding diaryl/α,β-unsaturated/α-hetero) is 1. The summed E-state index contributed by atoms with van der Waals surface area (Å²) < 4.78 is 0.976. The summed E-state index contributed by atoms with van der Waals surface area (Å²) in [4.78, 5) is 41.9. The maximum Gasteiger partial charge on any atom is 0.266 e. The highest BCUT2D eigenvalue weighted by atomic mass is 32.1. The number of hydrogen-bond donors (Lipinski definition) is 2. The van der Waals surface area contributed by atoms with Crippen molar-refractivity contribution in [3.63, 3.8) is 0 Å². The lowest BCUT2D eigenvalue weighted by Crippen LogP contribution is -2.20. The third-order valence-electron chi connectivity index (χ3n) is 3.44. The molecule has 130 valence electrons. The summed E-state index contributed by atoms with van der Waals surface area (Å²) in [6.07, 6.45) is 6.22. The molecule has 0 aliphatic carbocycles. The Hall–Kier alpha value is -3.32. The fourth-order valence-corrected chi connectivity index (χ4v) is 3.15. The molecule has 0 atom stereocenters. The van der Waals surface area contributed by atoms with E-state index in [2.05, 4.69) is 15.3 Å². The Morgan fingerprint density at radius 3 is 2.46 bits per heavy atom. The molecule has 0 aliphatic rings. The average molecular weight is 365 g/mol. The fraction of sp³-hybridized carbons (Fsp3) is 0.0526. The molecular weight excluding hydrogens is 350 g/mol. The molecule has 3 rings (SSSR count). The van der Waals surface area contributed by atoms with Gasteiger partial charge >= 0.3 is 0 Å². The van der Waals surface area contributed by atoms with Crippen LogP contribution in [0.2, 0.25) is 0 Å². The van der Waals surface area contributed by atoms with Crippen LogP contribution >= 0.6 is 11.3 Å². The predicted molar refractivity (Wildman–Crippen MR) is 102 cm³/mol. The van der Waals surface area contributed by atoms with E-state index in [-0.39, 0.29) is 17.2 Å². The second-order valence-electron chi connectivity index (χ2n) is 5.48. The molecule has 3 aromatic rings. The lowest BCUT2D eigenvalue weighted by Gasteiger charge is -2.01. The lowest BCUT2D eigenvalue weighted by molar-refractivity contribution is -0.114. The van der Waals surface area contributed by atoms with Crippen LogP contribution in [0.25, 0.3) is 12.2 Å². The number of amides is 1. The van der Waals surface area contributed by atoms with Crippen molar-refractivity contribution in [2.75, 3.05) is 5.32 Å². The molecule has 0 saturated heterocycles. The lowest BCUT2D eigenvalue weighted by atomic mass is 10.2. The summed E-state index contributed by atoms with van der Waals surface area (Å²) in [6.45, 7) is 1.44. The van der Waals surface area contributed by atoms with Crippen molar-refractivity contribution in [3.8, 4) is 0 Å². The quantitative estimate of drug-likeness (QED) is 0.682. The number of H-pyrrole nitrogens is 1. The van der Waals surface area contributed by atoms with Gasteiger partial charge in [0.25, 0.3) is 5.56 Å². The van der Waals surface area contributed by atoms with E-state index in [9.17, 15) is 14.4 Å². The summed E-state index contributed by atoms with van der Waals surface area (Å²) in [7, 11) is 0. The number of rotatable bonds is 4. The third kappa shape index (κ3) is 4.40. The van der Waals surface area contributed by atoms with Crippen LogP contribution in [0, 0.1) is 0 Å². The Labute approximate surface area is 152 Å². The van der Waals surface area contributed by atoms with Gasteiger partial charge in [-0.05, 0) is 35.9 Å². The van der Waals surface area contributed by atoms with Gasteiger partial charge in [-0.1, -0.05) is 12.1 Å². The van der Waals surface area contributed by atoms with E-state index in [1.165, 1.54) is 24.3 Å². The first-order chi connectivity index (χ1) is 12.5. The van der Waals surface area contributed by atoms with Crippen molar-refractivity contribution in [2.24, 2.45) is 0 Å². The van der Waals surface area contributed by atoms with Crippen LogP contribution in [0.15, 0.2) is 53.6 Å². The maximum absolute atomic E-state index is 12.2. The highest BCUT2D eigenvalue weighted by molar-refractivity contribution is 7.07. The molecule has 0 spiro atoms. The van der Waals surface area contributed by atoms with Gasteiger partial charge in [-0.2, -0.15) is 0 Å². The average Bonchev–Trinajstić information content (AvgIpc) is 2.96. The van der Waals surface area contributed by atoms with E-state index in [0.717, 1.165) is 5.56 Å². The van der Waals surface area contributed by atoms with Gasteiger partial charge in [0.05, 0.1) is 9.20 Å². The van der Waals surface area contributed by atoms with Crippen molar-refractivity contribution < 1.29 is 9.59 Å². The minimum atomic E-state index is -0.255. The van der Waals surface area contributed by atoms with Gasteiger partial charge in [-0.3, -0.25) is 19.4 Å². The first kappa shape index (κ1) is 17.5. The molecular formula is C19H15N3O3S. The van der Waals surface area contributed by atoms with E-state index in [1.807, 2.05) is 0 Å². The standard InChI is InChI=1S/C19H15N3O3S/c1-12(23)21-15-4-2-13(3-5-15)10-17-19(25)22-18(26-17)11-16(24)14-6-8-20-9-7-14/h2-11H,1H3,(H,21,23)(H,22,25). The van der Waals surface area contributed by atoms with Crippen molar-refractivity contribution in [3.05, 3.63) is 79.5 Å². The zero-order valence-corrected chi connectivity index (χ0v) is 14.7. The first-order valence-electron chi connectivity index (χ1n) is 7.76. The zero-order valence-electron chi connectivity index (χ0n) is 13.9. The van der Waals surface area contributed by atoms with Crippen molar-refractivity contribution in [1.29, 1.82) is 0 Å². The molecule has 6 nitrogen and oxygen atoms in total. The Kier molecular flexibility index (Phi) is 5.19. The van der Waals surface area contributed by atoms with Gasteiger partial charge in [-0.15, -0.1) is 11.3 Å². The van der Waals surface area contributed by atoms with Crippen LogP contribution in [0.4, 0.5) is 5.69 Å². The summed E-state index contributed by atoms with van der Waals surface area (Å²) in [5.41, 5.74) is 1.76. The second kappa shape index (κ2) is 7.71. The SMILES string of the molecule is CC(=O)Nc1ccc(C=c2sc(=CC(=O)c3ccncc3)[nH]c2=O)cc1. The number of ketones is 1. The number of nitrogens with one attached hydrogen (secondary N) is 2. The van der Waals surface area contributed by atoms with Gasteiger partial charge < -0.3 is 10.3 Å². The number of aromatic nitrogens is 2. The molecule has 0 bridgehead atoms. The highest BCUT2D eigenvalue weighted by Crippen LogP contribution is 2.09. The van der Waals surface area contributed by atoms with Crippen LogP contribution in [0.3, 0.4) is 0 Å². The van der Waals surface area contributed by atoms with Crippen LogP contribution < -0.4 is 20.1 Å². The van der Waals surface area contributed by atoms with Gasteiger partial charge in [-0.25, -0.2) is 0 Å². The van der Waals surface area contributed by atoms with Gasteiger partial charge in [0.1, 0.15) is 0 Å². The van der Waals surface area contributed by atoms with Crippen LogP contribution in [0.5, 0.6) is 0 Å².